The van der Waals surface area contributed by atoms with Crippen LogP contribution < -0.4 is 10.5 Å². The van der Waals surface area contributed by atoms with Crippen LogP contribution in [0.3, 0.4) is 0 Å². The molecule has 1 aromatic carbocycles. The van der Waals surface area contributed by atoms with Gasteiger partial charge in [-0.2, -0.15) is 16.7 Å². The second kappa shape index (κ2) is 6.36. The first-order valence-electron chi connectivity index (χ1n) is 6.82. The number of anilines is 1. The Hall–Kier alpha value is -1.73. The van der Waals surface area contributed by atoms with Crippen LogP contribution in [0.4, 0.5) is 5.69 Å². The normalized spacial score (nSPS) is 19.6. The van der Waals surface area contributed by atoms with Gasteiger partial charge in [0.2, 0.25) is 0 Å². The van der Waals surface area contributed by atoms with E-state index in [-0.39, 0.29) is 12.6 Å². The van der Waals surface area contributed by atoms with E-state index in [4.69, 9.17) is 15.0 Å². The van der Waals surface area contributed by atoms with E-state index in [0.29, 0.717) is 17.3 Å². The van der Waals surface area contributed by atoms with Crippen LogP contribution in [0.1, 0.15) is 17.8 Å². The molecule has 0 saturated carbocycles. The van der Waals surface area contributed by atoms with E-state index in [1.807, 2.05) is 30.0 Å². The number of para-hydroxylation sites is 2. The van der Waals surface area contributed by atoms with E-state index < -0.39 is 0 Å². The number of aromatic nitrogens is 2. The van der Waals surface area contributed by atoms with Crippen molar-refractivity contribution in [3.8, 4) is 5.75 Å². The molecule has 1 fully saturated rings. The van der Waals surface area contributed by atoms with Gasteiger partial charge < -0.3 is 15.0 Å². The third-order valence-electron chi connectivity index (χ3n) is 3.45. The van der Waals surface area contributed by atoms with Gasteiger partial charge in [-0.25, -0.2) is 0 Å². The van der Waals surface area contributed by atoms with Crippen molar-refractivity contribution in [3.63, 3.8) is 0 Å². The summed E-state index contributed by atoms with van der Waals surface area (Å²) in [6.45, 7) is 1.26. The van der Waals surface area contributed by atoms with Gasteiger partial charge >= 0.3 is 0 Å². The number of nitrogens with zero attached hydrogens (tertiary/aromatic N) is 3. The number of ether oxygens (including phenoxy) is 1. The summed E-state index contributed by atoms with van der Waals surface area (Å²) in [4.78, 5) is 6.68. The van der Waals surface area contributed by atoms with Crippen LogP contribution in [0, 0.1) is 0 Å². The topological polar surface area (TPSA) is 77.4 Å². The fourth-order valence-electron chi connectivity index (χ4n) is 2.17. The van der Waals surface area contributed by atoms with Gasteiger partial charge in [0, 0.05) is 18.1 Å². The average Bonchev–Trinajstić information content (AvgIpc) is 2.96. The lowest BCUT2D eigenvalue weighted by Crippen LogP contribution is -2.33. The Morgan fingerprint density at radius 3 is 3.14 bits per heavy atom. The second-order valence-corrected chi connectivity index (χ2v) is 6.09. The summed E-state index contributed by atoms with van der Waals surface area (Å²) in [7, 11) is 2.08. The Morgan fingerprint density at radius 1 is 1.48 bits per heavy atom. The van der Waals surface area contributed by atoms with Crippen molar-refractivity contribution in [1.82, 2.24) is 15.0 Å². The minimum Gasteiger partial charge on any atom is -0.482 e. The van der Waals surface area contributed by atoms with Crippen LogP contribution in [0.2, 0.25) is 0 Å². The molecule has 6 nitrogen and oxygen atoms in total. The highest BCUT2D eigenvalue weighted by Gasteiger charge is 2.25. The highest BCUT2D eigenvalue weighted by atomic mass is 32.2. The lowest BCUT2D eigenvalue weighted by Gasteiger charge is -2.29. The molecule has 21 heavy (non-hydrogen) atoms. The summed E-state index contributed by atoms with van der Waals surface area (Å²) in [5.74, 6) is 3.96. The van der Waals surface area contributed by atoms with E-state index >= 15 is 0 Å². The van der Waals surface area contributed by atoms with E-state index in [1.54, 1.807) is 6.07 Å². The quantitative estimate of drug-likeness (QED) is 0.865. The lowest BCUT2D eigenvalue weighted by molar-refractivity contribution is 0.238. The summed E-state index contributed by atoms with van der Waals surface area (Å²) < 4.78 is 10.9. The molecule has 2 heterocycles. The van der Waals surface area contributed by atoms with Gasteiger partial charge in [-0.05, 0) is 19.2 Å². The van der Waals surface area contributed by atoms with Gasteiger partial charge in [0.05, 0.1) is 11.7 Å². The number of thioether (sulfide) groups is 1. The molecule has 1 unspecified atom stereocenters. The molecule has 3 rings (SSSR count). The molecule has 0 aliphatic carbocycles. The summed E-state index contributed by atoms with van der Waals surface area (Å²) in [5.41, 5.74) is 6.42. The van der Waals surface area contributed by atoms with E-state index in [1.165, 1.54) is 0 Å². The van der Waals surface area contributed by atoms with Crippen LogP contribution in [0.15, 0.2) is 28.8 Å². The van der Waals surface area contributed by atoms with Crippen molar-refractivity contribution in [2.75, 3.05) is 30.8 Å². The molecule has 1 aromatic heterocycles. The highest BCUT2D eigenvalue weighted by molar-refractivity contribution is 7.99. The first-order valence-corrected chi connectivity index (χ1v) is 7.97. The van der Waals surface area contributed by atoms with Crippen LogP contribution in [0.5, 0.6) is 5.75 Å². The van der Waals surface area contributed by atoms with E-state index in [2.05, 4.69) is 22.1 Å². The minimum absolute atomic E-state index is 0.211. The molecule has 1 aliphatic heterocycles. The Bertz CT molecular complexity index is 604. The number of rotatable bonds is 4. The van der Waals surface area contributed by atoms with Gasteiger partial charge in [0.25, 0.3) is 5.89 Å². The second-order valence-electron chi connectivity index (χ2n) is 4.94. The Kier molecular flexibility index (Phi) is 4.31. The third kappa shape index (κ3) is 3.30. The average molecular weight is 306 g/mol. The molecule has 2 N–H and O–H groups in total. The summed E-state index contributed by atoms with van der Waals surface area (Å²) in [5, 5.41) is 4.07. The van der Waals surface area contributed by atoms with Crippen molar-refractivity contribution in [2.24, 2.45) is 0 Å². The number of benzene rings is 1. The Balaban J connectivity index is 1.64. The first kappa shape index (κ1) is 14.2. The molecular weight excluding hydrogens is 288 g/mol. The molecule has 0 radical (unpaired) electrons. The maximum Gasteiger partial charge on any atom is 0.264 e. The minimum atomic E-state index is 0.211. The number of hydrogen-bond acceptors (Lipinski definition) is 7. The van der Waals surface area contributed by atoms with Gasteiger partial charge in [-0.15, -0.1) is 0 Å². The number of hydrogen-bond donors (Lipinski definition) is 1. The van der Waals surface area contributed by atoms with E-state index in [0.717, 1.165) is 23.9 Å². The molecule has 1 saturated heterocycles. The molecule has 0 amide bonds. The standard InChI is InChI=1S/C14H18N4O2S/c1-18-6-7-21-9-11(18)14-16-13(20-17-14)8-19-12-5-3-2-4-10(12)15/h2-5,11H,6-9,15H2,1H3. The smallest absolute Gasteiger partial charge is 0.264 e. The van der Waals surface area contributed by atoms with Gasteiger partial charge in [-0.1, -0.05) is 17.3 Å². The fraction of sp³-hybridized carbons (Fsp3) is 0.429. The van der Waals surface area contributed by atoms with Crippen LogP contribution in [0.25, 0.3) is 0 Å². The van der Waals surface area contributed by atoms with Gasteiger partial charge in [0.15, 0.2) is 12.4 Å². The molecule has 112 valence electrons. The van der Waals surface area contributed by atoms with E-state index in [9.17, 15) is 0 Å². The number of nitrogen functional groups attached to an aromatic ring is 1. The third-order valence-corrected chi connectivity index (χ3v) is 4.47. The van der Waals surface area contributed by atoms with Gasteiger partial charge in [0.1, 0.15) is 5.75 Å². The summed E-state index contributed by atoms with van der Waals surface area (Å²) in [6.07, 6.45) is 0. The predicted molar refractivity (Wildman–Crippen MR) is 82.2 cm³/mol. The maximum absolute atomic E-state index is 5.82. The van der Waals surface area contributed by atoms with Gasteiger partial charge in [-0.3, -0.25) is 4.90 Å². The lowest BCUT2D eigenvalue weighted by atomic mass is 10.3. The zero-order chi connectivity index (χ0) is 14.7. The molecule has 7 heteroatoms. The van der Waals surface area contributed by atoms with Crippen molar-refractivity contribution in [1.29, 1.82) is 0 Å². The van der Waals surface area contributed by atoms with Crippen LogP contribution in [-0.2, 0) is 6.61 Å². The first-order chi connectivity index (χ1) is 10.2. The molecule has 1 aliphatic rings. The zero-order valence-electron chi connectivity index (χ0n) is 11.9. The number of nitrogens with two attached hydrogens (primary N) is 1. The van der Waals surface area contributed by atoms with Crippen molar-refractivity contribution in [3.05, 3.63) is 36.0 Å². The molecule has 0 bridgehead atoms. The van der Waals surface area contributed by atoms with Crippen molar-refractivity contribution >= 4 is 17.4 Å². The Labute approximate surface area is 127 Å². The molecular formula is C14H18N4O2S. The predicted octanol–water partition coefficient (Wildman–Crippen LogP) is 1.95. The molecule has 2 aromatic rings. The highest BCUT2D eigenvalue weighted by Crippen LogP contribution is 2.26. The molecule has 1 atom stereocenters. The Morgan fingerprint density at radius 2 is 2.33 bits per heavy atom. The SMILES string of the molecule is CN1CCSCC1c1noc(COc2ccccc2N)n1. The van der Waals surface area contributed by atoms with Crippen LogP contribution >= 0.6 is 11.8 Å². The monoisotopic (exact) mass is 306 g/mol. The molecule has 0 spiro atoms. The van der Waals surface area contributed by atoms with Crippen molar-refractivity contribution < 1.29 is 9.26 Å². The summed E-state index contributed by atoms with van der Waals surface area (Å²) >= 11 is 1.91. The maximum atomic E-state index is 5.82. The zero-order valence-corrected chi connectivity index (χ0v) is 12.7. The fourth-order valence-corrected chi connectivity index (χ4v) is 3.38. The van der Waals surface area contributed by atoms with Crippen LogP contribution in [-0.4, -0.2) is 40.1 Å². The van der Waals surface area contributed by atoms with Crippen molar-refractivity contribution in [2.45, 2.75) is 12.6 Å². The largest absolute Gasteiger partial charge is 0.482 e. The summed E-state index contributed by atoms with van der Waals surface area (Å²) in [6, 6.07) is 7.56.